The number of carbonyl (C=O) groups is 1. The molecule has 3 heterocycles. The number of carbonyl (C=O) groups excluding carboxylic acids is 1. The molecule has 0 N–H and O–H groups in total. The predicted octanol–water partition coefficient (Wildman–Crippen LogP) is 1.71. The lowest BCUT2D eigenvalue weighted by Gasteiger charge is -2.16. The molecule has 0 spiro atoms. The molecule has 3 aromatic rings. The monoisotopic (exact) mass is 349 g/mol. The van der Waals surface area contributed by atoms with Gasteiger partial charge in [0.05, 0.1) is 13.0 Å². The third-order valence-electron chi connectivity index (χ3n) is 4.32. The van der Waals surface area contributed by atoms with Gasteiger partial charge in [-0.15, -0.1) is 0 Å². The van der Waals surface area contributed by atoms with Crippen molar-refractivity contribution >= 4 is 16.9 Å². The summed E-state index contributed by atoms with van der Waals surface area (Å²) < 4.78 is 11.0. The Hall–Kier alpha value is -3.47. The second-order valence-electron chi connectivity index (χ2n) is 5.99. The zero-order valence-electron chi connectivity index (χ0n) is 13.8. The normalized spacial score (nSPS) is 16.6. The zero-order valence-corrected chi connectivity index (χ0v) is 13.8. The van der Waals surface area contributed by atoms with E-state index in [-0.39, 0.29) is 30.0 Å². The summed E-state index contributed by atoms with van der Waals surface area (Å²) in [6.07, 6.45) is 3.56. The fraction of sp³-hybridized carbons (Fsp3) is 0.278. The molecule has 130 valence electrons. The first kappa shape index (κ1) is 16.0. The van der Waals surface area contributed by atoms with Crippen LogP contribution in [0.2, 0.25) is 0 Å². The summed E-state index contributed by atoms with van der Waals surface area (Å²) in [7, 11) is 0. The maximum Gasteiger partial charge on any atom is 0.251 e. The van der Waals surface area contributed by atoms with Gasteiger partial charge in [0, 0.05) is 30.7 Å². The highest BCUT2D eigenvalue weighted by Gasteiger charge is 2.29. The smallest absolute Gasteiger partial charge is 0.251 e. The van der Waals surface area contributed by atoms with Crippen molar-refractivity contribution in [2.24, 2.45) is 0 Å². The summed E-state index contributed by atoms with van der Waals surface area (Å²) in [6.45, 7) is 1.03. The van der Waals surface area contributed by atoms with Gasteiger partial charge in [-0.2, -0.15) is 5.26 Å². The Morgan fingerprint density at radius 1 is 1.35 bits per heavy atom. The summed E-state index contributed by atoms with van der Waals surface area (Å²) in [5.41, 5.74) is 1.45. The van der Waals surface area contributed by atoms with Gasteiger partial charge in [-0.05, 0) is 12.1 Å². The number of fused-ring (bicyclic) bond motifs is 1. The van der Waals surface area contributed by atoms with E-state index in [0.29, 0.717) is 30.8 Å². The van der Waals surface area contributed by atoms with Crippen molar-refractivity contribution < 1.29 is 14.1 Å². The van der Waals surface area contributed by atoms with Gasteiger partial charge in [-0.25, -0.2) is 9.97 Å². The van der Waals surface area contributed by atoms with Crippen LogP contribution in [0.4, 0.5) is 0 Å². The van der Waals surface area contributed by atoms with Gasteiger partial charge >= 0.3 is 0 Å². The van der Waals surface area contributed by atoms with Gasteiger partial charge in [0.25, 0.3) is 5.88 Å². The van der Waals surface area contributed by atoms with Crippen LogP contribution in [0.1, 0.15) is 17.8 Å². The van der Waals surface area contributed by atoms with Gasteiger partial charge in [0.2, 0.25) is 11.6 Å². The molecule has 1 aliphatic heterocycles. The minimum Gasteiger partial charge on any atom is -0.470 e. The first-order chi connectivity index (χ1) is 12.7. The van der Waals surface area contributed by atoms with Crippen LogP contribution in [0.5, 0.6) is 5.88 Å². The molecule has 1 saturated heterocycles. The Bertz CT molecular complexity index is 994. The Balaban J connectivity index is 1.40. The first-order valence-electron chi connectivity index (χ1n) is 8.23. The summed E-state index contributed by atoms with van der Waals surface area (Å²) in [6, 6.07) is 9.42. The highest BCUT2D eigenvalue weighted by atomic mass is 16.5. The minimum absolute atomic E-state index is 0.0326. The molecule has 0 aliphatic carbocycles. The van der Waals surface area contributed by atoms with Crippen LogP contribution in [-0.4, -0.2) is 45.1 Å². The highest BCUT2D eigenvalue weighted by molar-refractivity contribution is 5.86. The molecule has 1 unspecified atom stereocenters. The SMILES string of the molecule is N#Cc1nccnc1OC1CCN(C(=O)Cc2noc3ccccc23)C1. The number of likely N-dealkylation sites (tertiary alicyclic amines) is 1. The Kier molecular flexibility index (Phi) is 4.19. The lowest BCUT2D eigenvalue weighted by Crippen LogP contribution is -2.32. The molecule has 1 amide bonds. The third kappa shape index (κ3) is 3.07. The Morgan fingerprint density at radius 2 is 2.19 bits per heavy atom. The second kappa shape index (κ2) is 6.80. The molecule has 4 rings (SSSR count). The lowest BCUT2D eigenvalue weighted by atomic mass is 10.1. The van der Waals surface area contributed by atoms with Crippen molar-refractivity contribution in [3.8, 4) is 11.9 Å². The Morgan fingerprint density at radius 3 is 3.08 bits per heavy atom. The van der Waals surface area contributed by atoms with Crippen molar-refractivity contribution in [1.29, 1.82) is 5.26 Å². The fourth-order valence-corrected chi connectivity index (χ4v) is 3.02. The average molecular weight is 349 g/mol. The van der Waals surface area contributed by atoms with Crippen molar-refractivity contribution in [2.45, 2.75) is 18.9 Å². The van der Waals surface area contributed by atoms with Gasteiger partial charge < -0.3 is 14.2 Å². The summed E-state index contributed by atoms with van der Waals surface area (Å²) in [5.74, 6) is 0.173. The average Bonchev–Trinajstić information content (AvgIpc) is 3.30. The molecular formula is C18H15N5O3. The van der Waals surface area contributed by atoms with E-state index in [0.717, 1.165) is 5.39 Å². The van der Waals surface area contributed by atoms with Crippen LogP contribution in [0, 0.1) is 11.3 Å². The van der Waals surface area contributed by atoms with Crippen LogP contribution < -0.4 is 4.74 Å². The van der Waals surface area contributed by atoms with E-state index < -0.39 is 0 Å². The number of amides is 1. The summed E-state index contributed by atoms with van der Waals surface area (Å²) >= 11 is 0. The lowest BCUT2D eigenvalue weighted by molar-refractivity contribution is -0.129. The first-order valence-corrected chi connectivity index (χ1v) is 8.23. The number of ether oxygens (including phenoxy) is 1. The van der Waals surface area contributed by atoms with Crippen LogP contribution in [0.25, 0.3) is 11.0 Å². The van der Waals surface area contributed by atoms with Gasteiger partial charge in [-0.1, -0.05) is 17.3 Å². The topological polar surface area (TPSA) is 105 Å². The number of rotatable bonds is 4. The largest absolute Gasteiger partial charge is 0.470 e. The zero-order chi connectivity index (χ0) is 17.9. The van der Waals surface area contributed by atoms with Crippen LogP contribution >= 0.6 is 0 Å². The molecule has 0 saturated carbocycles. The standard InChI is InChI=1S/C18H15N5O3/c19-10-15-18(21-7-6-20-15)25-12-5-8-23(11-12)17(24)9-14-13-3-1-2-4-16(13)26-22-14/h1-4,6-7,12H,5,8-9,11H2. The molecule has 8 nitrogen and oxygen atoms in total. The van der Waals surface area contributed by atoms with Crippen LogP contribution in [0.3, 0.4) is 0 Å². The molecular weight excluding hydrogens is 334 g/mol. The summed E-state index contributed by atoms with van der Waals surface area (Å²) in [5, 5.41) is 13.9. The number of hydrogen-bond donors (Lipinski definition) is 0. The molecule has 1 aromatic carbocycles. The predicted molar refractivity (Wildman–Crippen MR) is 90.1 cm³/mol. The van der Waals surface area contributed by atoms with E-state index in [1.807, 2.05) is 30.3 Å². The van der Waals surface area contributed by atoms with Gasteiger partial charge in [0.15, 0.2) is 5.58 Å². The van der Waals surface area contributed by atoms with Crippen molar-refractivity contribution in [3.05, 3.63) is 48.0 Å². The number of hydrogen-bond acceptors (Lipinski definition) is 7. The van der Waals surface area contributed by atoms with E-state index in [2.05, 4.69) is 15.1 Å². The van der Waals surface area contributed by atoms with Crippen LogP contribution in [-0.2, 0) is 11.2 Å². The maximum atomic E-state index is 12.6. The molecule has 26 heavy (non-hydrogen) atoms. The minimum atomic E-state index is -0.211. The van der Waals surface area contributed by atoms with E-state index in [1.54, 1.807) is 4.90 Å². The number of aromatic nitrogens is 3. The van der Waals surface area contributed by atoms with Crippen molar-refractivity contribution in [1.82, 2.24) is 20.0 Å². The van der Waals surface area contributed by atoms with E-state index in [9.17, 15) is 4.79 Å². The van der Waals surface area contributed by atoms with E-state index in [1.165, 1.54) is 12.4 Å². The number of nitriles is 1. The molecule has 0 bridgehead atoms. The van der Waals surface area contributed by atoms with E-state index >= 15 is 0 Å². The van der Waals surface area contributed by atoms with E-state index in [4.69, 9.17) is 14.5 Å². The number of nitrogens with zero attached hydrogens (tertiary/aromatic N) is 5. The maximum absolute atomic E-state index is 12.6. The fourth-order valence-electron chi connectivity index (χ4n) is 3.02. The second-order valence-corrected chi connectivity index (χ2v) is 5.99. The summed E-state index contributed by atoms with van der Waals surface area (Å²) in [4.78, 5) is 22.3. The Labute approximate surface area is 149 Å². The molecule has 1 aliphatic rings. The highest BCUT2D eigenvalue weighted by Crippen LogP contribution is 2.21. The number of para-hydroxylation sites is 1. The molecule has 8 heteroatoms. The van der Waals surface area contributed by atoms with Gasteiger partial charge in [0.1, 0.15) is 17.9 Å². The molecule has 1 fully saturated rings. The molecule has 0 radical (unpaired) electrons. The molecule has 2 aromatic heterocycles. The van der Waals surface area contributed by atoms with Gasteiger partial charge in [-0.3, -0.25) is 4.79 Å². The third-order valence-corrected chi connectivity index (χ3v) is 4.32. The van der Waals surface area contributed by atoms with Crippen molar-refractivity contribution in [2.75, 3.05) is 13.1 Å². The van der Waals surface area contributed by atoms with Crippen molar-refractivity contribution in [3.63, 3.8) is 0 Å². The number of benzene rings is 1. The quantitative estimate of drug-likeness (QED) is 0.706. The van der Waals surface area contributed by atoms with Crippen LogP contribution in [0.15, 0.2) is 41.2 Å². The molecule has 1 atom stereocenters.